The molecule has 0 spiro atoms. The van der Waals surface area contributed by atoms with Gasteiger partial charge in [0.05, 0.1) is 6.04 Å². The van der Waals surface area contributed by atoms with E-state index in [4.69, 9.17) is 23.7 Å². The summed E-state index contributed by atoms with van der Waals surface area (Å²) in [6.07, 6.45) is -1.13. The van der Waals surface area contributed by atoms with Crippen molar-refractivity contribution in [2.24, 2.45) is 5.92 Å². The molecule has 8 atom stereocenters. The van der Waals surface area contributed by atoms with E-state index in [2.05, 4.69) is 12.2 Å². The maximum atomic E-state index is 13.8. The Balaban J connectivity index is 2.64. The van der Waals surface area contributed by atoms with Gasteiger partial charge in [-0.2, -0.15) is 0 Å². The molecule has 2 saturated heterocycles. The largest absolute Gasteiger partial charge is 0.458 e. The number of carbonyl (C=O) groups is 5. The van der Waals surface area contributed by atoms with Crippen LogP contribution in [0.25, 0.3) is 0 Å². The van der Waals surface area contributed by atoms with Crippen molar-refractivity contribution in [3.63, 3.8) is 0 Å². The Kier molecular flexibility index (Phi) is 11.4. The summed E-state index contributed by atoms with van der Waals surface area (Å²) in [4.78, 5) is 64.2. The van der Waals surface area contributed by atoms with Crippen LogP contribution in [0.4, 0.5) is 0 Å². The number of hydrogen-bond donors (Lipinski definition) is 1. The van der Waals surface area contributed by atoms with Crippen LogP contribution in [-0.4, -0.2) is 96.2 Å². The first-order valence-electron chi connectivity index (χ1n) is 12.7. The minimum atomic E-state index is -1.98. The lowest BCUT2D eigenvalue weighted by atomic mass is 9.88. The summed E-state index contributed by atoms with van der Waals surface area (Å²) in [5, 5.41) is 2.87. The molecule has 13 heteroatoms. The summed E-state index contributed by atoms with van der Waals surface area (Å²) < 4.78 is 28.5. The molecule has 2 aliphatic heterocycles. The average molecular weight is 561 g/mol. The Bertz CT molecular complexity index is 901. The lowest BCUT2D eigenvalue weighted by Gasteiger charge is -2.52. The highest BCUT2D eigenvalue weighted by Crippen LogP contribution is 2.41. The number of amides is 1. The zero-order chi connectivity index (χ0) is 28.8. The number of ether oxygens (including phenoxy) is 5. The molecule has 12 nitrogen and oxygen atoms in total. The zero-order valence-corrected chi connectivity index (χ0v) is 24.1. The summed E-state index contributed by atoms with van der Waals surface area (Å²) in [7, 11) is 1.84. The van der Waals surface area contributed by atoms with Crippen LogP contribution >= 0.6 is 11.8 Å². The number of nitrogens with zero attached hydrogens (tertiary/aromatic N) is 1. The third-order valence-electron chi connectivity index (χ3n) is 6.65. The molecule has 1 N–H and O–H groups in total. The molecule has 0 bridgehead atoms. The van der Waals surface area contributed by atoms with E-state index in [1.165, 1.54) is 20.8 Å². The summed E-state index contributed by atoms with van der Waals surface area (Å²) in [5.74, 6) is -3.01. The first-order valence-corrected chi connectivity index (χ1v) is 14.0. The minimum absolute atomic E-state index is 0.320. The van der Waals surface area contributed by atoms with Gasteiger partial charge in [0.1, 0.15) is 5.44 Å². The SMILES string of the molecule is CCC[C@H]1C[C@H](C(=O)N[C@@]2([C@@H](C)OC(C)=O)O[C@@H](SC)[C@@H](OC(C)=O)[C@@H](OC(C)=O)[C@H]2OC(C)=O)N(C)C1. The molecule has 0 radical (unpaired) electrons. The summed E-state index contributed by atoms with van der Waals surface area (Å²) in [6.45, 7) is 8.94. The smallest absolute Gasteiger partial charge is 0.303 e. The molecule has 2 rings (SSSR count). The molecule has 216 valence electrons. The van der Waals surface area contributed by atoms with Gasteiger partial charge in [-0.05, 0) is 39.0 Å². The van der Waals surface area contributed by atoms with Gasteiger partial charge in [-0.25, -0.2) is 0 Å². The van der Waals surface area contributed by atoms with Gasteiger partial charge in [-0.1, -0.05) is 13.3 Å². The van der Waals surface area contributed by atoms with Crippen molar-refractivity contribution in [2.75, 3.05) is 19.8 Å². The van der Waals surface area contributed by atoms with Crippen LogP contribution in [-0.2, 0) is 47.7 Å². The van der Waals surface area contributed by atoms with Crippen molar-refractivity contribution >= 4 is 41.5 Å². The second kappa shape index (κ2) is 13.6. The third-order valence-corrected chi connectivity index (χ3v) is 7.48. The molecule has 0 unspecified atom stereocenters. The van der Waals surface area contributed by atoms with Crippen LogP contribution < -0.4 is 5.32 Å². The van der Waals surface area contributed by atoms with E-state index < -0.39 is 71.4 Å². The Morgan fingerprint density at radius 3 is 2.08 bits per heavy atom. The second-order valence-electron chi connectivity index (χ2n) is 9.78. The molecule has 0 saturated carbocycles. The standard InChI is InChI=1S/C25H40N2O10S/c1-9-10-18-11-19(27(7)12-18)23(32)26-25(13(2)33-14(3)28)22(36-17(6)31)20(34-15(4)29)21(35-16(5)30)24(37-25)38-8/h13,18-22,24H,9-12H2,1-8H3,(H,26,32)/t13-,18+,19-,20-,21+,22-,24+,25+/m1/s1. The van der Waals surface area contributed by atoms with Crippen molar-refractivity contribution in [1.82, 2.24) is 10.2 Å². The first-order chi connectivity index (χ1) is 17.7. The van der Waals surface area contributed by atoms with Crippen LogP contribution in [0.2, 0.25) is 0 Å². The van der Waals surface area contributed by atoms with Crippen molar-refractivity contribution in [2.45, 2.75) is 102 Å². The van der Waals surface area contributed by atoms with Crippen molar-refractivity contribution in [3.8, 4) is 0 Å². The van der Waals surface area contributed by atoms with Gasteiger partial charge in [-0.3, -0.25) is 28.9 Å². The molecular formula is C25H40N2O10S. The van der Waals surface area contributed by atoms with Gasteiger partial charge in [-0.15, -0.1) is 11.8 Å². The van der Waals surface area contributed by atoms with Crippen molar-refractivity contribution < 1.29 is 47.7 Å². The fourth-order valence-electron chi connectivity index (χ4n) is 5.22. The van der Waals surface area contributed by atoms with Gasteiger partial charge in [0.25, 0.3) is 0 Å². The number of thioether (sulfide) groups is 1. The quantitative estimate of drug-likeness (QED) is 0.304. The van der Waals surface area contributed by atoms with Crippen molar-refractivity contribution in [1.29, 1.82) is 0 Å². The molecular weight excluding hydrogens is 520 g/mol. The lowest BCUT2D eigenvalue weighted by molar-refractivity contribution is -0.293. The van der Waals surface area contributed by atoms with Crippen molar-refractivity contribution in [3.05, 3.63) is 0 Å². The second-order valence-corrected chi connectivity index (χ2v) is 10.7. The molecule has 2 fully saturated rings. The molecule has 0 aromatic carbocycles. The Hall–Kier alpha value is -2.38. The van der Waals surface area contributed by atoms with Crippen LogP contribution in [0.3, 0.4) is 0 Å². The van der Waals surface area contributed by atoms with E-state index in [0.717, 1.165) is 45.0 Å². The van der Waals surface area contributed by atoms with Crippen LogP contribution in [0.1, 0.15) is 60.8 Å². The summed E-state index contributed by atoms with van der Waals surface area (Å²) >= 11 is 1.12. The molecule has 2 aliphatic rings. The fourth-order valence-corrected chi connectivity index (χ4v) is 5.95. The van der Waals surface area contributed by atoms with Gasteiger partial charge in [0.2, 0.25) is 11.6 Å². The number of carbonyl (C=O) groups excluding carboxylic acids is 5. The molecule has 2 heterocycles. The zero-order valence-electron chi connectivity index (χ0n) is 23.3. The number of likely N-dealkylation sites (N-methyl/N-ethyl adjacent to an activating group) is 1. The van der Waals surface area contributed by atoms with E-state index in [1.54, 1.807) is 6.26 Å². The summed E-state index contributed by atoms with van der Waals surface area (Å²) in [5.41, 5.74) is -2.98. The monoisotopic (exact) mass is 560 g/mol. The topological polar surface area (TPSA) is 147 Å². The normalized spacial score (nSPS) is 32.1. The molecule has 1 amide bonds. The predicted molar refractivity (Wildman–Crippen MR) is 137 cm³/mol. The first kappa shape index (κ1) is 31.8. The highest BCUT2D eigenvalue weighted by molar-refractivity contribution is 7.99. The Morgan fingerprint density at radius 2 is 1.58 bits per heavy atom. The number of likely N-dealkylation sites (tertiary alicyclic amines) is 1. The molecule has 0 aliphatic carbocycles. The van der Waals surface area contributed by atoms with Crippen LogP contribution in [0.5, 0.6) is 0 Å². The predicted octanol–water partition coefficient (Wildman–Crippen LogP) is 1.39. The number of esters is 4. The van der Waals surface area contributed by atoms with Gasteiger partial charge in [0, 0.05) is 34.2 Å². The maximum absolute atomic E-state index is 13.8. The maximum Gasteiger partial charge on any atom is 0.303 e. The van der Waals surface area contributed by atoms with E-state index in [-0.39, 0.29) is 0 Å². The highest BCUT2D eigenvalue weighted by atomic mass is 32.2. The average Bonchev–Trinajstić information content (AvgIpc) is 3.16. The number of hydrogen-bond acceptors (Lipinski definition) is 12. The minimum Gasteiger partial charge on any atom is -0.458 e. The van der Waals surface area contributed by atoms with Crippen LogP contribution in [0.15, 0.2) is 0 Å². The number of rotatable bonds is 10. The van der Waals surface area contributed by atoms with E-state index in [9.17, 15) is 24.0 Å². The molecule has 0 aromatic heterocycles. The Labute approximate surface area is 227 Å². The van der Waals surface area contributed by atoms with Gasteiger partial charge < -0.3 is 29.0 Å². The third kappa shape index (κ3) is 7.60. The lowest BCUT2D eigenvalue weighted by Crippen LogP contribution is -2.77. The fraction of sp³-hybridized carbons (Fsp3) is 0.800. The molecule has 0 aromatic rings. The Morgan fingerprint density at radius 1 is 1.00 bits per heavy atom. The van der Waals surface area contributed by atoms with Gasteiger partial charge >= 0.3 is 23.9 Å². The van der Waals surface area contributed by atoms with E-state index >= 15 is 0 Å². The number of nitrogens with one attached hydrogen (secondary N) is 1. The highest BCUT2D eigenvalue weighted by Gasteiger charge is 2.64. The molecule has 38 heavy (non-hydrogen) atoms. The summed E-state index contributed by atoms with van der Waals surface area (Å²) in [6, 6.07) is -0.527. The van der Waals surface area contributed by atoms with Crippen LogP contribution in [0, 0.1) is 5.92 Å². The van der Waals surface area contributed by atoms with E-state index in [1.807, 2.05) is 11.9 Å². The van der Waals surface area contributed by atoms with Gasteiger partial charge in [0.15, 0.2) is 24.4 Å². The van der Waals surface area contributed by atoms with E-state index in [0.29, 0.717) is 12.3 Å².